The second-order valence-electron chi connectivity index (χ2n) is 6.57. The van der Waals surface area contributed by atoms with Gasteiger partial charge >= 0.3 is 0 Å². The van der Waals surface area contributed by atoms with E-state index in [0.29, 0.717) is 19.7 Å². The zero-order chi connectivity index (χ0) is 19.6. The molecule has 6 nitrogen and oxygen atoms in total. The minimum absolute atomic E-state index is 0.574. The summed E-state index contributed by atoms with van der Waals surface area (Å²) in [7, 11) is 1.77. The van der Waals surface area contributed by atoms with Crippen molar-refractivity contribution >= 4 is 5.96 Å². The summed E-state index contributed by atoms with van der Waals surface area (Å²) >= 11 is 0. The molecule has 1 heterocycles. The van der Waals surface area contributed by atoms with Gasteiger partial charge in [0.15, 0.2) is 5.96 Å². The lowest BCUT2D eigenvalue weighted by atomic mass is 10.1. The first-order valence-electron chi connectivity index (χ1n) is 9.40. The van der Waals surface area contributed by atoms with Crippen LogP contribution in [0.3, 0.4) is 0 Å². The van der Waals surface area contributed by atoms with Crippen molar-refractivity contribution in [3.8, 4) is 5.75 Å². The molecule has 0 saturated carbocycles. The first-order valence-corrected chi connectivity index (χ1v) is 9.40. The molecule has 2 N–H and O–H groups in total. The number of aliphatic imine (C=N–C) groups is 1. The van der Waals surface area contributed by atoms with E-state index in [1.807, 2.05) is 36.8 Å². The van der Waals surface area contributed by atoms with E-state index in [2.05, 4.69) is 56.4 Å². The van der Waals surface area contributed by atoms with Crippen molar-refractivity contribution in [2.24, 2.45) is 4.99 Å². The summed E-state index contributed by atoms with van der Waals surface area (Å²) in [6.07, 6.45) is 5.59. The van der Waals surface area contributed by atoms with E-state index in [1.54, 1.807) is 13.2 Å². The topological polar surface area (TPSA) is 63.5 Å². The molecule has 0 aliphatic carbocycles. The number of ether oxygens (including phenoxy) is 1. The van der Waals surface area contributed by atoms with Gasteiger partial charge in [0.1, 0.15) is 12.4 Å². The molecule has 0 amide bonds. The summed E-state index contributed by atoms with van der Waals surface area (Å²) in [4.78, 5) is 8.36. The van der Waals surface area contributed by atoms with E-state index < -0.39 is 0 Å². The second kappa shape index (κ2) is 10.2. The van der Waals surface area contributed by atoms with Crippen LogP contribution in [0.15, 0.2) is 72.2 Å². The number of hydrogen-bond donors (Lipinski definition) is 2. The molecule has 0 radical (unpaired) electrons. The maximum absolute atomic E-state index is 5.73. The fourth-order valence-corrected chi connectivity index (χ4v) is 2.81. The SMILES string of the molecule is CN=C(NCCOc1ccc(C)cc1)NCc1cccc(Cn2ccnc2)c1. The van der Waals surface area contributed by atoms with Crippen LogP contribution in [0.25, 0.3) is 0 Å². The zero-order valence-corrected chi connectivity index (χ0v) is 16.4. The highest BCUT2D eigenvalue weighted by atomic mass is 16.5. The average Bonchev–Trinajstić information content (AvgIpc) is 3.22. The Balaban J connectivity index is 1.41. The summed E-state index contributed by atoms with van der Waals surface area (Å²) < 4.78 is 7.79. The quantitative estimate of drug-likeness (QED) is 0.360. The largest absolute Gasteiger partial charge is 0.492 e. The number of rotatable bonds is 8. The minimum atomic E-state index is 0.574. The van der Waals surface area contributed by atoms with E-state index in [9.17, 15) is 0 Å². The molecule has 1 aromatic heterocycles. The first-order chi connectivity index (χ1) is 13.7. The second-order valence-corrected chi connectivity index (χ2v) is 6.57. The Bertz CT molecular complexity index is 872. The van der Waals surface area contributed by atoms with Crippen LogP contribution in [-0.2, 0) is 13.1 Å². The van der Waals surface area contributed by atoms with E-state index in [0.717, 1.165) is 18.3 Å². The lowest BCUT2D eigenvalue weighted by Gasteiger charge is -2.13. The number of guanidine groups is 1. The van der Waals surface area contributed by atoms with E-state index >= 15 is 0 Å². The van der Waals surface area contributed by atoms with Crippen molar-refractivity contribution in [2.75, 3.05) is 20.2 Å². The van der Waals surface area contributed by atoms with Crippen LogP contribution in [0.4, 0.5) is 0 Å². The van der Waals surface area contributed by atoms with Crippen LogP contribution in [0.1, 0.15) is 16.7 Å². The van der Waals surface area contributed by atoms with Crippen molar-refractivity contribution in [3.63, 3.8) is 0 Å². The number of hydrogen-bond acceptors (Lipinski definition) is 3. The molecule has 6 heteroatoms. The van der Waals surface area contributed by atoms with Gasteiger partial charge < -0.3 is 19.9 Å². The molecule has 3 aromatic rings. The van der Waals surface area contributed by atoms with Crippen molar-refractivity contribution in [2.45, 2.75) is 20.0 Å². The molecule has 0 aliphatic rings. The fourth-order valence-electron chi connectivity index (χ4n) is 2.81. The van der Waals surface area contributed by atoms with Gasteiger partial charge in [0.2, 0.25) is 0 Å². The number of imidazole rings is 1. The van der Waals surface area contributed by atoms with Gasteiger partial charge in [-0.05, 0) is 30.2 Å². The molecule has 0 spiro atoms. The Hall–Kier alpha value is -3.28. The molecular formula is C22H27N5O. The van der Waals surface area contributed by atoms with Gasteiger partial charge in [-0.25, -0.2) is 4.98 Å². The van der Waals surface area contributed by atoms with Gasteiger partial charge in [-0.3, -0.25) is 4.99 Å². The predicted molar refractivity (Wildman–Crippen MR) is 113 cm³/mol. The molecule has 146 valence electrons. The van der Waals surface area contributed by atoms with E-state index in [-0.39, 0.29) is 0 Å². The summed E-state index contributed by atoms with van der Waals surface area (Å²) in [5, 5.41) is 6.62. The normalized spacial score (nSPS) is 11.3. The lowest BCUT2D eigenvalue weighted by Crippen LogP contribution is -2.38. The summed E-state index contributed by atoms with van der Waals surface area (Å²) in [6, 6.07) is 16.6. The third-order valence-electron chi connectivity index (χ3n) is 4.28. The van der Waals surface area contributed by atoms with Gasteiger partial charge in [-0.1, -0.05) is 42.0 Å². The summed E-state index contributed by atoms with van der Waals surface area (Å²) in [6.45, 7) is 4.83. The monoisotopic (exact) mass is 377 g/mol. The van der Waals surface area contributed by atoms with E-state index in [4.69, 9.17) is 4.74 Å². The predicted octanol–water partition coefficient (Wildman–Crippen LogP) is 2.98. The van der Waals surface area contributed by atoms with Crippen molar-refractivity contribution < 1.29 is 4.74 Å². The zero-order valence-electron chi connectivity index (χ0n) is 16.4. The van der Waals surface area contributed by atoms with Crippen LogP contribution in [0, 0.1) is 6.92 Å². The van der Waals surface area contributed by atoms with Crippen molar-refractivity contribution in [3.05, 3.63) is 83.9 Å². The lowest BCUT2D eigenvalue weighted by molar-refractivity contribution is 0.322. The molecule has 0 atom stereocenters. The third-order valence-corrected chi connectivity index (χ3v) is 4.28. The summed E-state index contributed by atoms with van der Waals surface area (Å²) in [5.41, 5.74) is 3.67. The van der Waals surface area contributed by atoms with Crippen LogP contribution in [0.5, 0.6) is 5.75 Å². The van der Waals surface area contributed by atoms with Gasteiger partial charge in [-0.2, -0.15) is 0 Å². The standard InChI is InChI=1S/C22H27N5O/c1-18-6-8-21(9-7-18)28-13-11-25-22(23-2)26-15-19-4-3-5-20(14-19)16-27-12-10-24-17-27/h3-10,12,14,17H,11,13,15-16H2,1-2H3,(H2,23,25,26). The Kier molecular flexibility index (Phi) is 7.07. The van der Waals surface area contributed by atoms with Crippen LogP contribution in [-0.4, -0.2) is 35.7 Å². The molecule has 0 unspecified atom stereocenters. The third kappa shape index (κ3) is 6.16. The smallest absolute Gasteiger partial charge is 0.191 e. The Labute approximate surface area is 166 Å². The van der Waals surface area contributed by atoms with Crippen LogP contribution in [0.2, 0.25) is 0 Å². The Morgan fingerprint density at radius 2 is 1.93 bits per heavy atom. The van der Waals surface area contributed by atoms with Gasteiger partial charge in [0.05, 0.1) is 12.9 Å². The van der Waals surface area contributed by atoms with E-state index in [1.165, 1.54) is 16.7 Å². The van der Waals surface area contributed by atoms with Crippen molar-refractivity contribution in [1.82, 2.24) is 20.2 Å². The fraction of sp³-hybridized carbons (Fsp3) is 0.273. The molecule has 28 heavy (non-hydrogen) atoms. The molecular weight excluding hydrogens is 350 g/mol. The van der Waals surface area contributed by atoms with Crippen LogP contribution < -0.4 is 15.4 Å². The van der Waals surface area contributed by atoms with Gasteiger partial charge in [-0.15, -0.1) is 0 Å². The maximum Gasteiger partial charge on any atom is 0.191 e. The highest BCUT2D eigenvalue weighted by Gasteiger charge is 2.01. The first kappa shape index (κ1) is 19.5. The molecule has 0 aliphatic heterocycles. The Morgan fingerprint density at radius 1 is 1.11 bits per heavy atom. The van der Waals surface area contributed by atoms with Gasteiger partial charge in [0.25, 0.3) is 0 Å². The highest BCUT2D eigenvalue weighted by molar-refractivity contribution is 5.79. The average molecular weight is 377 g/mol. The molecule has 0 fully saturated rings. The van der Waals surface area contributed by atoms with Gasteiger partial charge in [0, 0.05) is 32.5 Å². The molecule has 0 saturated heterocycles. The minimum Gasteiger partial charge on any atom is -0.492 e. The molecule has 0 bridgehead atoms. The Morgan fingerprint density at radius 3 is 2.68 bits per heavy atom. The molecule has 3 rings (SSSR count). The summed E-state index contributed by atoms with van der Waals surface area (Å²) in [5.74, 6) is 1.64. The molecule has 2 aromatic carbocycles. The number of aromatic nitrogens is 2. The van der Waals surface area contributed by atoms with Crippen molar-refractivity contribution in [1.29, 1.82) is 0 Å². The number of nitrogens with zero attached hydrogens (tertiary/aromatic N) is 3. The number of nitrogens with one attached hydrogen (secondary N) is 2. The van der Waals surface area contributed by atoms with Crippen LogP contribution >= 0.6 is 0 Å². The maximum atomic E-state index is 5.73. The number of aryl methyl sites for hydroxylation is 1. The number of benzene rings is 2. The highest BCUT2D eigenvalue weighted by Crippen LogP contribution is 2.11.